The molecule has 0 fully saturated rings. The quantitative estimate of drug-likeness (QED) is 0.303. The summed E-state index contributed by atoms with van der Waals surface area (Å²) in [4.78, 5) is 17.3. The number of rotatable bonds is 3. The average molecular weight is 496 g/mol. The first kappa shape index (κ1) is 22.2. The lowest BCUT2D eigenvalue weighted by atomic mass is 9.96. The van der Waals surface area contributed by atoms with Gasteiger partial charge in [0.25, 0.3) is 0 Å². The van der Waals surface area contributed by atoms with Gasteiger partial charge in [0.2, 0.25) is 0 Å². The van der Waals surface area contributed by atoms with E-state index in [0.717, 1.165) is 51.4 Å². The number of nitrogens with one attached hydrogen (secondary N) is 1. The number of benzene rings is 3. The van der Waals surface area contributed by atoms with Crippen molar-refractivity contribution in [1.82, 2.24) is 14.8 Å². The van der Waals surface area contributed by atoms with E-state index in [1.165, 1.54) is 5.56 Å². The first-order valence-corrected chi connectivity index (χ1v) is 12.6. The van der Waals surface area contributed by atoms with Crippen LogP contribution in [0.1, 0.15) is 28.6 Å². The van der Waals surface area contributed by atoms with Crippen LogP contribution in [0.3, 0.4) is 0 Å². The Hall–Kier alpha value is -5.04. The van der Waals surface area contributed by atoms with E-state index in [2.05, 4.69) is 53.5 Å². The summed E-state index contributed by atoms with van der Waals surface area (Å²) in [6.45, 7) is 4.13. The summed E-state index contributed by atoms with van der Waals surface area (Å²) >= 11 is 0. The number of anilines is 2. The fraction of sp³-hybridized carbons (Fsp3) is 0.0968. The van der Waals surface area contributed by atoms with Gasteiger partial charge in [0.05, 0.1) is 28.5 Å². The summed E-state index contributed by atoms with van der Waals surface area (Å²) in [5.74, 6) is 2.19. The van der Waals surface area contributed by atoms with Gasteiger partial charge in [0.1, 0.15) is 6.04 Å². The molecule has 0 unspecified atom stereocenters. The molecular weight excluding hydrogens is 470 g/mol. The molecule has 7 nitrogen and oxygen atoms in total. The third-order valence-electron chi connectivity index (χ3n) is 6.92. The second-order valence-corrected chi connectivity index (χ2v) is 9.47. The Balaban J connectivity index is 1.50. The molecule has 1 N–H and O–H groups in total. The normalized spacial score (nSPS) is 15.6. The minimum Gasteiger partial charge on any atom is -0.337 e. The van der Waals surface area contributed by atoms with E-state index in [4.69, 9.17) is 20.1 Å². The molecule has 3 aromatic carbocycles. The van der Waals surface area contributed by atoms with E-state index < -0.39 is 0 Å². The molecule has 0 aliphatic carbocycles. The highest BCUT2D eigenvalue weighted by molar-refractivity contribution is 6.51. The number of aromatic nitrogens is 3. The van der Waals surface area contributed by atoms with Crippen molar-refractivity contribution in [2.75, 3.05) is 10.2 Å². The van der Waals surface area contributed by atoms with Gasteiger partial charge in [-0.25, -0.2) is 14.7 Å². The first-order chi connectivity index (χ1) is 18.7. The van der Waals surface area contributed by atoms with E-state index in [-0.39, 0.29) is 6.04 Å². The first-order valence-electron chi connectivity index (χ1n) is 12.6. The van der Waals surface area contributed by atoms with Gasteiger partial charge in [0, 0.05) is 17.4 Å². The Kier molecular flexibility index (Phi) is 5.14. The van der Waals surface area contributed by atoms with Crippen molar-refractivity contribution in [3.63, 3.8) is 0 Å². The molecule has 2 aliphatic heterocycles. The number of aryl methyl sites for hydroxylation is 2. The SMILES string of the molecule is Cc1ccc(-n2nc(C)c3c2N=C2C(Nc4ccccc4)=Nc4ccccc4N2[C@H]3c2ccccn2)cc1. The van der Waals surface area contributed by atoms with Crippen LogP contribution in [0.2, 0.25) is 0 Å². The number of nitrogens with zero attached hydrogens (tertiary/aromatic N) is 6. The maximum atomic E-state index is 5.26. The fourth-order valence-corrected chi connectivity index (χ4v) is 5.14. The Bertz CT molecular complexity index is 1700. The third-order valence-corrected chi connectivity index (χ3v) is 6.92. The fourth-order valence-electron chi connectivity index (χ4n) is 5.14. The molecule has 0 saturated carbocycles. The zero-order chi connectivity index (χ0) is 25.6. The lowest BCUT2D eigenvalue weighted by molar-refractivity contribution is 0.785. The smallest absolute Gasteiger partial charge is 0.179 e. The maximum Gasteiger partial charge on any atom is 0.179 e. The van der Waals surface area contributed by atoms with Crippen molar-refractivity contribution in [2.45, 2.75) is 19.9 Å². The minimum atomic E-state index is -0.234. The van der Waals surface area contributed by atoms with Gasteiger partial charge in [-0.15, -0.1) is 0 Å². The minimum absolute atomic E-state index is 0.234. The molecule has 38 heavy (non-hydrogen) atoms. The zero-order valence-electron chi connectivity index (χ0n) is 21.1. The summed E-state index contributed by atoms with van der Waals surface area (Å²) in [6.07, 6.45) is 1.84. The number of fused-ring (bicyclic) bond motifs is 4. The molecule has 4 heterocycles. The van der Waals surface area contributed by atoms with Gasteiger partial charge in [-0.3, -0.25) is 4.98 Å². The van der Waals surface area contributed by atoms with E-state index in [1.54, 1.807) is 0 Å². The number of aliphatic imine (C=N–C) groups is 2. The molecule has 7 rings (SSSR count). The summed E-state index contributed by atoms with van der Waals surface area (Å²) < 4.78 is 1.94. The molecule has 0 bridgehead atoms. The van der Waals surface area contributed by atoms with E-state index in [0.29, 0.717) is 5.84 Å². The summed E-state index contributed by atoms with van der Waals surface area (Å²) in [6, 6.07) is 32.4. The third kappa shape index (κ3) is 3.59. The van der Waals surface area contributed by atoms with Gasteiger partial charge in [-0.2, -0.15) is 5.10 Å². The van der Waals surface area contributed by atoms with Crippen molar-refractivity contribution in [3.8, 4) is 5.69 Å². The number of para-hydroxylation sites is 3. The predicted molar refractivity (Wildman–Crippen MR) is 152 cm³/mol. The van der Waals surface area contributed by atoms with E-state index in [9.17, 15) is 0 Å². The van der Waals surface area contributed by atoms with Gasteiger partial charge < -0.3 is 10.2 Å². The van der Waals surface area contributed by atoms with Gasteiger partial charge >= 0.3 is 0 Å². The Labute approximate surface area is 220 Å². The lowest BCUT2D eigenvalue weighted by Crippen LogP contribution is -2.46. The van der Waals surface area contributed by atoms with Crippen LogP contribution in [-0.2, 0) is 0 Å². The molecule has 0 radical (unpaired) electrons. The largest absolute Gasteiger partial charge is 0.337 e. The Morgan fingerprint density at radius 3 is 2.32 bits per heavy atom. The highest BCUT2D eigenvalue weighted by Crippen LogP contribution is 2.47. The molecular formula is C31H25N7. The van der Waals surface area contributed by atoms with Gasteiger partial charge in [-0.05, 0) is 62.4 Å². The summed E-state index contributed by atoms with van der Waals surface area (Å²) in [5, 5.41) is 8.51. The second-order valence-electron chi connectivity index (χ2n) is 9.47. The molecule has 0 saturated heterocycles. The second kappa shape index (κ2) is 8.81. The van der Waals surface area contributed by atoms with Crippen LogP contribution in [0.4, 0.5) is 22.9 Å². The molecule has 5 aromatic rings. The average Bonchev–Trinajstić information content (AvgIpc) is 3.29. The Morgan fingerprint density at radius 2 is 1.53 bits per heavy atom. The Morgan fingerprint density at radius 1 is 0.763 bits per heavy atom. The standard InChI is InChI=1S/C31H25N7/c1-20-15-17-23(18-16-20)38-30-27(21(2)36-38)28(25-13-8-9-19-32-25)37-26-14-7-6-12-24(26)34-29(31(37)35-30)33-22-10-4-3-5-11-22/h3-19,28H,1-2H3,(H,33,34)/t28-/m0/s1. The molecule has 7 heteroatoms. The van der Waals surface area contributed by atoms with Gasteiger partial charge in [0.15, 0.2) is 17.5 Å². The summed E-state index contributed by atoms with van der Waals surface area (Å²) in [7, 11) is 0. The molecule has 2 aromatic heterocycles. The monoisotopic (exact) mass is 495 g/mol. The molecule has 0 amide bonds. The molecule has 0 spiro atoms. The van der Waals surface area contributed by atoms with Crippen molar-refractivity contribution >= 4 is 34.6 Å². The van der Waals surface area contributed by atoms with Crippen LogP contribution in [-0.4, -0.2) is 26.4 Å². The van der Waals surface area contributed by atoms with E-state index in [1.807, 2.05) is 78.5 Å². The topological polar surface area (TPSA) is 70.7 Å². The van der Waals surface area contributed by atoms with E-state index >= 15 is 0 Å². The van der Waals surface area contributed by atoms with Crippen LogP contribution in [0.15, 0.2) is 113 Å². The van der Waals surface area contributed by atoms with Crippen LogP contribution in [0.25, 0.3) is 5.69 Å². The van der Waals surface area contributed by atoms with Crippen molar-refractivity contribution in [3.05, 3.63) is 126 Å². The molecule has 1 atom stereocenters. The zero-order valence-corrected chi connectivity index (χ0v) is 21.1. The highest BCUT2D eigenvalue weighted by atomic mass is 15.4. The number of pyridine rings is 1. The summed E-state index contributed by atoms with van der Waals surface area (Å²) in [5.41, 5.74) is 7.82. The van der Waals surface area contributed by atoms with Crippen LogP contribution in [0, 0.1) is 13.8 Å². The number of hydrogen-bond donors (Lipinski definition) is 1. The highest BCUT2D eigenvalue weighted by Gasteiger charge is 2.42. The van der Waals surface area contributed by atoms with Crippen LogP contribution in [0.5, 0.6) is 0 Å². The van der Waals surface area contributed by atoms with Crippen molar-refractivity contribution in [2.24, 2.45) is 9.98 Å². The van der Waals surface area contributed by atoms with Crippen molar-refractivity contribution < 1.29 is 0 Å². The number of amidine groups is 2. The molecule has 184 valence electrons. The van der Waals surface area contributed by atoms with Crippen LogP contribution >= 0.6 is 0 Å². The lowest BCUT2D eigenvalue weighted by Gasteiger charge is -2.40. The molecule has 2 aliphatic rings. The van der Waals surface area contributed by atoms with Crippen molar-refractivity contribution in [1.29, 1.82) is 0 Å². The van der Waals surface area contributed by atoms with Crippen LogP contribution < -0.4 is 10.2 Å². The number of hydrogen-bond acceptors (Lipinski definition) is 6. The van der Waals surface area contributed by atoms with Gasteiger partial charge in [-0.1, -0.05) is 54.1 Å². The predicted octanol–water partition coefficient (Wildman–Crippen LogP) is 6.68. The maximum absolute atomic E-state index is 5.26.